The summed E-state index contributed by atoms with van der Waals surface area (Å²) in [7, 11) is -3.57. The van der Waals surface area contributed by atoms with E-state index in [1.165, 1.54) is 0 Å². The van der Waals surface area contributed by atoms with Gasteiger partial charge < -0.3 is 0 Å². The van der Waals surface area contributed by atoms with E-state index in [1.807, 2.05) is 19.9 Å². The van der Waals surface area contributed by atoms with Crippen molar-refractivity contribution in [2.75, 3.05) is 4.72 Å². The minimum Gasteiger partial charge on any atom is -0.263 e. The van der Waals surface area contributed by atoms with Crippen LogP contribution in [0.5, 0.6) is 0 Å². The lowest BCUT2D eigenvalue weighted by atomic mass is 10.2. The molecule has 1 aromatic carbocycles. The molecular formula is C14H16N2O2S. The number of rotatable bonds is 4. The van der Waals surface area contributed by atoms with Crippen molar-refractivity contribution in [3.8, 4) is 0 Å². The van der Waals surface area contributed by atoms with Gasteiger partial charge in [0.1, 0.15) is 5.82 Å². The second-order valence-electron chi connectivity index (χ2n) is 4.32. The number of pyridine rings is 1. The number of benzene rings is 1. The third-order valence-electron chi connectivity index (χ3n) is 2.80. The molecule has 1 aromatic heterocycles. The van der Waals surface area contributed by atoms with Crippen LogP contribution in [-0.2, 0) is 16.4 Å². The van der Waals surface area contributed by atoms with Crippen LogP contribution < -0.4 is 4.72 Å². The predicted octanol–water partition coefficient (Wildman–Crippen LogP) is 2.75. The van der Waals surface area contributed by atoms with Crippen LogP contribution in [0.4, 0.5) is 5.82 Å². The second kappa shape index (κ2) is 5.40. The van der Waals surface area contributed by atoms with E-state index in [0.29, 0.717) is 5.82 Å². The van der Waals surface area contributed by atoms with Crippen molar-refractivity contribution >= 4 is 15.8 Å². The molecule has 2 rings (SSSR count). The Morgan fingerprint density at radius 3 is 2.47 bits per heavy atom. The highest BCUT2D eigenvalue weighted by Crippen LogP contribution is 2.15. The van der Waals surface area contributed by atoms with E-state index in [4.69, 9.17) is 0 Å². The first-order chi connectivity index (χ1) is 9.01. The van der Waals surface area contributed by atoms with Crippen LogP contribution in [-0.4, -0.2) is 13.4 Å². The molecule has 4 nitrogen and oxygen atoms in total. The molecule has 19 heavy (non-hydrogen) atoms. The van der Waals surface area contributed by atoms with E-state index in [0.717, 1.165) is 17.5 Å². The average Bonchev–Trinajstić information content (AvgIpc) is 2.39. The summed E-state index contributed by atoms with van der Waals surface area (Å²) >= 11 is 0. The molecule has 0 saturated heterocycles. The second-order valence-corrected chi connectivity index (χ2v) is 6.00. The van der Waals surface area contributed by atoms with E-state index >= 15 is 0 Å². The van der Waals surface area contributed by atoms with Crippen LogP contribution in [0.1, 0.15) is 18.1 Å². The largest absolute Gasteiger partial charge is 0.263 e. The smallest absolute Gasteiger partial charge is 0.263 e. The zero-order valence-electron chi connectivity index (χ0n) is 10.9. The fourth-order valence-corrected chi connectivity index (χ4v) is 2.66. The van der Waals surface area contributed by atoms with Gasteiger partial charge in [0.15, 0.2) is 0 Å². The summed E-state index contributed by atoms with van der Waals surface area (Å²) in [6.45, 7) is 3.92. The Morgan fingerprint density at radius 1 is 1.16 bits per heavy atom. The third-order valence-corrected chi connectivity index (χ3v) is 4.17. The van der Waals surface area contributed by atoms with Crippen LogP contribution in [0, 0.1) is 6.92 Å². The van der Waals surface area contributed by atoms with Crippen molar-refractivity contribution in [1.82, 2.24) is 4.98 Å². The first-order valence-corrected chi connectivity index (χ1v) is 7.54. The van der Waals surface area contributed by atoms with E-state index < -0.39 is 10.0 Å². The molecule has 1 heterocycles. The maximum atomic E-state index is 12.2. The van der Waals surface area contributed by atoms with Crippen LogP contribution in [0.3, 0.4) is 0 Å². The quantitative estimate of drug-likeness (QED) is 0.934. The molecule has 0 atom stereocenters. The summed E-state index contributed by atoms with van der Waals surface area (Å²) in [6.07, 6.45) is 2.44. The summed E-state index contributed by atoms with van der Waals surface area (Å²) in [5.74, 6) is 0.347. The molecule has 1 N–H and O–H groups in total. The van der Waals surface area contributed by atoms with E-state index in [-0.39, 0.29) is 4.90 Å². The van der Waals surface area contributed by atoms with Gasteiger partial charge in [-0.25, -0.2) is 13.4 Å². The Hall–Kier alpha value is -1.88. The Balaban J connectivity index is 2.28. The SMILES string of the molecule is CCc1ccnc(NS(=O)(=O)c2ccc(C)cc2)c1. The molecule has 0 saturated carbocycles. The first-order valence-electron chi connectivity index (χ1n) is 6.05. The lowest BCUT2D eigenvalue weighted by Crippen LogP contribution is -2.14. The molecule has 2 aromatic rings. The Labute approximate surface area is 113 Å². The molecule has 0 bridgehead atoms. The number of aryl methyl sites for hydroxylation is 2. The Morgan fingerprint density at radius 2 is 1.84 bits per heavy atom. The number of sulfonamides is 1. The highest BCUT2D eigenvalue weighted by atomic mass is 32.2. The van der Waals surface area contributed by atoms with Gasteiger partial charge in [0.2, 0.25) is 0 Å². The Kier molecular flexibility index (Phi) is 3.85. The zero-order chi connectivity index (χ0) is 13.9. The molecule has 0 radical (unpaired) electrons. The van der Waals surface area contributed by atoms with Crippen LogP contribution in [0.15, 0.2) is 47.5 Å². The molecule has 0 aliphatic heterocycles. The number of hydrogen-bond acceptors (Lipinski definition) is 3. The lowest BCUT2D eigenvalue weighted by Gasteiger charge is -2.08. The van der Waals surface area contributed by atoms with Crippen molar-refractivity contribution in [3.05, 3.63) is 53.7 Å². The topological polar surface area (TPSA) is 59.1 Å². The molecule has 0 fully saturated rings. The lowest BCUT2D eigenvalue weighted by molar-refractivity contribution is 0.601. The summed E-state index contributed by atoms with van der Waals surface area (Å²) in [4.78, 5) is 4.26. The van der Waals surface area contributed by atoms with Crippen molar-refractivity contribution < 1.29 is 8.42 Å². The van der Waals surface area contributed by atoms with Crippen LogP contribution in [0.2, 0.25) is 0 Å². The highest BCUT2D eigenvalue weighted by Gasteiger charge is 2.14. The van der Waals surface area contributed by atoms with Gasteiger partial charge in [-0.3, -0.25) is 4.72 Å². The molecule has 5 heteroatoms. The molecule has 0 unspecified atom stereocenters. The van der Waals surface area contributed by atoms with Gasteiger partial charge in [-0.05, 0) is 43.2 Å². The van der Waals surface area contributed by atoms with Gasteiger partial charge >= 0.3 is 0 Å². The molecular weight excluding hydrogens is 260 g/mol. The van der Waals surface area contributed by atoms with E-state index in [9.17, 15) is 8.42 Å². The molecule has 0 spiro atoms. The fraction of sp³-hybridized carbons (Fsp3) is 0.214. The predicted molar refractivity (Wildman–Crippen MR) is 75.6 cm³/mol. The van der Waals surface area contributed by atoms with Crippen molar-refractivity contribution in [2.45, 2.75) is 25.2 Å². The minimum atomic E-state index is -3.57. The van der Waals surface area contributed by atoms with Gasteiger partial charge in [-0.15, -0.1) is 0 Å². The maximum absolute atomic E-state index is 12.2. The van der Waals surface area contributed by atoms with Gasteiger partial charge in [-0.1, -0.05) is 24.6 Å². The summed E-state index contributed by atoms with van der Waals surface area (Å²) in [5, 5.41) is 0. The van der Waals surface area contributed by atoms with Crippen molar-refractivity contribution in [3.63, 3.8) is 0 Å². The maximum Gasteiger partial charge on any atom is 0.263 e. The number of anilines is 1. The average molecular weight is 276 g/mol. The standard InChI is InChI=1S/C14H16N2O2S/c1-3-12-8-9-15-14(10-12)16-19(17,18)13-6-4-11(2)5-7-13/h4-10H,3H2,1-2H3,(H,15,16). The minimum absolute atomic E-state index is 0.238. The highest BCUT2D eigenvalue weighted by molar-refractivity contribution is 7.92. The molecule has 0 aliphatic carbocycles. The van der Waals surface area contributed by atoms with Gasteiger partial charge in [0.05, 0.1) is 4.90 Å². The summed E-state index contributed by atoms with van der Waals surface area (Å²) in [6, 6.07) is 10.3. The van der Waals surface area contributed by atoms with Crippen LogP contribution in [0.25, 0.3) is 0 Å². The number of hydrogen-bond donors (Lipinski definition) is 1. The number of aromatic nitrogens is 1. The first kappa shape index (κ1) is 13.5. The molecule has 0 amide bonds. The summed E-state index contributed by atoms with van der Waals surface area (Å²) in [5.41, 5.74) is 2.06. The zero-order valence-corrected chi connectivity index (χ0v) is 11.7. The summed E-state index contributed by atoms with van der Waals surface area (Å²) < 4.78 is 26.8. The third kappa shape index (κ3) is 3.32. The van der Waals surface area contributed by atoms with E-state index in [1.54, 1.807) is 36.5 Å². The van der Waals surface area contributed by atoms with Gasteiger partial charge in [0.25, 0.3) is 10.0 Å². The van der Waals surface area contributed by atoms with Gasteiger partial charge in [0, 0.05) is 6.20 Å². The normalized spacial score (nSPS) is 11.3. The fourth-order valence-electron chi connectivity index (χ4n) is 1.66. The Bertz CT molecular complexity index is 664. The van der Waals surface area contributed by atoms with E-state index in [2.05, 4.69) is 9.71 Å². The molecule has 0 aliphatic rings. The van der Waals surface area contributed by atoms with Gasteiger partial charge in [-0.2, -0.15) is 0 Å². The monoisotopic (exact) mass is 276 g/mol. The molecule has 100 valence electrons. The number of nitrogens with zero attached hydrogens (tertiary/aromatic N) is 1. The van der Waals surface area contributed by atoms with Crippen LogP contribution >= 0.6 is 0 Å². The number of nitrogens with one attached hydrogen (secondary N) is 1. The van der Waals surface area contributed by atoms with Crippen molar-refractivity contribution in [2.24, 2.45) is 0 Å². The van der Waals surface area contributed by atoms with Crippen molar-refractivity contribution in [1.29, 1.82) is 0 Å².